The first-order valence-electron chi connectivity index (χ1n) is 17.5. The van der Waals surface area contributed by atoms with E-state index >= 15 is 0 Å². The zero-order valence-electron chi connectivity index (χ0n) is 27.5. The molecule has 0 spiro atoms. The zero-order valence-corrected chi connectivity index (χ0v) is 27.5. The summed E-state index contributed by atoms with van der Waals surface area (Å²) in [4.78, 5) is 35.1. The Morgan fingerprint density at radius 3 is 2.40 bits per heavy atom. The molecule has 1 saturated carbocycles. The highest BCUT2D eigenvalue weighted by Crippen LogP contribution is 2.35. The van der Waals surface area contributed by atoms with Gasteiger partial charge in [0, 0.05) is 63.8 Å². The monoisotopic (exact) mass is 618 g/mol. The fourth-order valence-electron chi connectivity index (χ4n) is 7.15. The third kappa shape index (κ3) is 9.77. The van der Waals surface area contributed by atoms with E-state index in [1.165, 1.54) is 19.4 Å². The highest BCUT2D eigenvalue weighted by Gasteiger charge is 2.34. The third-order valence-corrected chi connectivity index (χ3v) is 9.73. The van der Waals surface area contributed by atoms with Crippen LogP contribution in [0.2, 0.25) is 0 Å². The molecule has 0 bridgehead atoms. The average Bonchev–Trinajstić information content (AvgIpc) is 3.87. The molecule has 1 amide bonds. The summed E-state index contributed by atoms with van der Waals surface area (Å²) < 4.78 is 5.02. The van der Waals surface area contributed by atoms with E-state index in [0.29, 0.717) is 19.1 Å². The number of nitrogens with zero attached hydrogens (tertiary/aromatic N) is 4. The maximum absolute atomic E-state index is 13.9. The molecule has 2 aromatic carbocycles. The van der Waals surface area contributed by atoms with E-state index in [4.69, 9.17) is 4.74 Å². The van der Waals surface area contributed by atoms with E-state index < -0.39 is 0 Å². The molecular weight excluding hydrogens is 564 g/mol. The van der Waals surface area contributed by atoms with E-state index in [-0.39, 0.29) is 23.7 Å². The van der Waals surface area contributed by atoms with Gasteiger partial charge in [-0.05, 0) is 100 Å². The van der Waals surface area contributed by atoms with Gasteiger partial charge >= 0.3 is 5.97 Å². The van der Waals surface area contributed by atoms with Crippen LogP contribution in [0.4, 0.5) is 0 Å². The molecule has 2 atom stereocenters. The maximum Gasteiger partial charge on any atom is 0.305 e. The number of piperazine rings is 1. The van der Waals surface area contributed by atoms with Gasteiger partial charge in [0.05, 0.1) is 12.6 Å². The summed E-state index contributed by atoms with van der Waals surface area (Å²) in [6.45, 7) is 13.3. The van der Waals surface area contributed by atoms with E-state index in [9.17, 15) is 14.7 Å². The number of esters is 1. The van der Waals surface area contributed by atoms with Crippen LogP contribution in [0.25, 0.3) is 0 Å². The number of carbonyl (C=O) groups excluding carboxylic acids is 2. The summed E-state index contributed by atoms with van der Waals surface area (Å²) in [5, 5.41) is 10.4. The van der Waals surface area contributed by atoms with Gasteiger partial charge in [-0.1, -0.05) is 37.1 Å². The zero-order chi connectivity index (χ0) is 31.6. The number of carbonyl (C=O) groups is 2. The second kappa shape index (κ2) is 16.6. The van der Waals surface area contributed by atoms with E-state index in [1.54, 1.807) is 6.07 Å². The largest absolute Gasteiger partial charge is 0.508 e. The number of amides is 1. The fraction of sp³-hybridized carbons (Fsp3) is 0.622. The quantitative estimate of drug-likeness (QED) is 0.220. The van der Waals surface area contributed by atoms with Gasteiger partial charge in [-0.15, -0.1) is 0 Å². The average molecular weight is 619 g/mol. The van der Waals surface area contributed by atoms with Crippen LogP contribution in [0.3, 0.4) is 0 Å². The Hall–Kier alpha value is -2.94. The number of hydrogen-bond acceptors (Lipinski definition) is 7. The second-order valence-corrected chi connectivity index (χ2v) is 13.4. The predicted octanol–water partition coefficient (Wildman–Crippen LogP) is 5.56. The summed E-state index contributed by atoms with van der Waals surface area (Å²) in [5.74, 6) is 1.17. The first kappa shape index (κ1) is 33.4. The van der Waals surface area contributed by atoms with Crippen molar-refractivity contribution in [1.82, 2.24) is 19.6 Å². The van der Waals surface area contributed by atoms with Crippen molar-refractivity contribution in [3.05, 3.63) is 65.2 Å². The molecule has 2 saturated heterocycles. The number of ether oxygens (including phenoxy) is 1. The van der Waals surface area contributed by atoms with Crippen LogP contribution in [-0.2, 0) is 9.53 Å². The van der Waals surface area contributed by atoms with Crippen molar-refractivity contribution in [2.24, 2.45) is 5.92 Å². The summed E-state index contributed by atoms with van der Waals surface area (Å²) in [6, 6.07) is 16.2. The summed E-state index contributed by atoms with van der Waals surface area (Å²) >= 11 is 0. The van der Waals surface area contributed by atoms with Crippen molar-refractivity contribution in [3.63, 3.8) is 0 Å². The van der Waals surface area contributed by atoms with Crippen molar-refractivity contribution >= 4 is 11.9 Å². The molecular formula is C37H54N4O4. The van der Waals surface area contributed by atoms with Crippen LogP contribution in [0.15, 0.2) is 48.5 Å². The third-order valence-electron chi connectivity index (χ3n) is 9.73. The minimum atomic E-state index is -0.0910. The minimum Gasteiger partial charge on any atom is -0.508 e. The fourth-order valence-corrected chi connectivity index (χ4v) is 7.15. The van der Waals surface area contributed by atoms with Gasteiger partial charge < -0.3 is 24.5 Å². The van der Waals surface area contributed by atoms with Crippen molar-refractivity contribution in [1.29, 1.82) is 0 Å². The van der Waals surface area contributed by atoms with Gasteiger partial charge in [-0.2, -0.15) is 0 Å². The van der Waals surface area contributed by atoms with Gasteiger partial charge in [0.2, 0.25) is 0 Å². The van der Waals surface area contributed by atoms with Gasteiger partial charge in [0.15, 0.2) is 0 Å². The number of rotatable bonds is 14. The van der Waals surface area contributed by atoms with Crippen LogP contribution < -0.4 is 0 Å². The predicted molar refractivity (Wildman–Crippen MR) is 178 cm³/mol. The second-order valence-electron chi connectivity index (χ2n) is 13.4. The van der Waals surface area contributed by atoms with Crippen LogP contribution in [-0.4, -0.2) is 108 Å². The normalized spacial score (nSPS) is 20.9. The molecule has 2 unspecified atom stereocenters. The van der Waals surface area contributed by atoms with Gasteiger partial charge in [-0.25, -0.2) is 0 Å². The molecule has 3 aliphatic rings. The standard InChI is InChI=1S/C37H54N4O4/c1-3-45-35(43)15-6-4-5-7-18-38-19-10-20-40(23-21-38)37(44)33-13-8-11-31(25-33)36(32-12-9-14-34(42)26-32)41-24-22-39(27-29(41)2)28-30-16-17-30/h8-9,11-14,25-26,29-30,36,42H,3-7,10,15-24,27-28H2,1-2H3. The smallest absolute Gasteiger partial charge is 0.305 e. The van der Waals surface area contributed by atoms with Crippen LogP contribution in [0.1, 0.15) is 92.7 Å². The molecule has 2 aliphatic heterocycles. The van der Waals surface area contributed by atoms with Crippen LogP contribution in [0.5, 0.6) is 5.75 Å². The number of phenolic OH excluding ortho intramolecular Hbond substituents is 1. The first-order chi connectivity index (χ1) is 21.9. The van der Waals surface area contributed by atoms with E-state index in [1.807, 2.05) is 36.1 Å². The number of phenols is 1. The Labute approximate surface area is 270 Å². The molecule has 5 rings (SSSR count). The van der Waals surface area contributed by atoms with E-state index in [2.05, 4.69) is 39.8 Å². The van der Waals surface area contributed by atoms with Crippen molar-refractivity contribution in [3.8, 4) is 5.75 Å². The molecule has 2 aromatic rings. The number of unbranched alkanes of at least 4 members (excludes halogenated alkanes) is 3. The summed E-state index contributed by atoms with van der Waals surface area (Å²) in [6.07, 6.45) is 8.40. The molecule has 3 fully saturated rings. The molecule has 1 N–H and O–H groups in total. The van der Waals surface area contributed by atoms with Gasteiger partial charge in [-0.3, -0.25) is 14.5 Å². The lowest BCUT2D eigenvalue weighted by Crippen LogP contribution is -2.53. The SMILES string of the molecule is CCOC(=O)CCCCCCN1CCCN(C(=O)c2cccc(C(c3cccc(O)c3)N3CCN(CC4CC4)CC3C)c2)CC1. The lowest BCUT2D eigenvalue weighted by molar-refractivity contribution is -0.143. The molecule has 8 nitrogen and oxygen atoms in total. The van der Waals surface area contributed by atoms with Gasteiger partial charge in [0.25, 0.3) is 5.91 Å². The van der Waals surface area contributed by atoms with Gasteiger partial charge in [0.1, 0.15) is 5.75 Å². The topological polar surface area (TPSA) is 76.6 Å². The van der Waals surface area contributed by atoms with Crippen molar-refractivity contribution in [2.75, 3.05) is 65.5 Å². The van der Waals surface area contributed by atoms with Crippen LogP contribution >= 0.6 is 0 Å². The Kier molecular flexibility index (Phi) is 12.3. The highest BCUT2D eigenvalue weighted by atomic mass is 16.5. The molecule has 0 radical (unpaired) electrons. The Morgan fingerprint density at radius 1 is 0.889 bits per heavy atom. The highest BCUT2D eigenvalue weighted by molar-refractivity contribution is 5.94. The Bertz CT molecular complexity index is 1250. The maximum atomic E-state index is 13.9. The lowest BCUT2D eigenvalue weighted by Gasteiger charge is -2.44. The molecule has 1 aliphatic carbocycles. The number of aromatic hydroxyl groups is 1. The summed E-state index contributed by atoms with van der Waals surface area (Å²) in [5.41, 5.74) is 2.91. The minimum absolute atomic E-state index is 0.0279. The molecule has 45 heavy (non-hydrogen) atoms. The number of benzene rings is 2. The summed E-state index contributed by atoms with van der Waals surface area (Å²) in [7, 11) is 0. The molecule has 0 aromatic heterocycles. The lowest BCUT2D eigenvalue weighted by atomic mass is 9.93. The molecule has 8 heteroatoms. The van der Waals surface area contributed by atoms with Crippen molar-refractivity contribution < 1.29 is 19.4 Å². The Balaban J connectivity index is 1.19. The van der Waals surface area contributed by atoms with Crippen LogP contribution in [0, 0.1) is 5.92 Å². The molecule has 2 heterocycles. The molecule has 246 valence electrons. The first-order valence-corrected chi connectivity index (χ1v) is 17.5. The van der Waals surface area contributed by atoms with Crippen molar-refractivity contribution in [2.45, 2.75) is 77.3 Å². The van der Waals surface area contributed by atoms with E-state index in [0.717, 1.165) is 107 Å². The number of hydrogen-bond donors (Lipinski definition) is 1. The Morgan fingerprint density at radius 2 is 1.64 bits per heavy atom.